The Morgan fingerprint density at radius 3 is 2.19 bits per heavy atom. The maximum absolute atomic E-state index is 13.1. The lowest BCUT2D eigenvalue weighted by Gasteiger charge is -2.71. The number of aliphatic hydroxyl groups is 7. The molecule has 2 aliphatic heterocycles. The highest BCUT2D eigenvalue weighted by molar-refractivity contribution is 5.77. The highest BCUT2D eigenvalue weighted by Crippen LogP contribution is 2.76. The van der Waals surface area contributed by atoms with Crippen LogP contribution in [0.2, 0.25) is 0 Å². The number of hydrogen-bond donors (Lipinski definition) is 8. The molecule has 13 heteroatoms. The lowest BCUT2D eigenvalue weighted by atomic mass is 9.33. The maximum Gasteiger partial charge on any atom is 0.312 e. The lowest BCUT2D eigenvalue weighted by Crippen LogP contribution is -2.68. The summed E-state index contributed by atoms with van der Waals surface area (Å²) in [6, 6.07) is 0. The van der Waals surface area contributed by atoms with Crippen LogP contribution >= 0.6 is 0 Å². The minimum Gasteiger partial charge on any atom is -0.481 e. The quantitative estimate of drug-likeness (QED) is 0.144. The van der Waals surface area contributed by atoms with Crippen molar-refractivity contribution in [2.24, 2.45) is 50.2 Å². The Labute approximate surface area is 319 Å². The van der Waals surface area contributed by atoms with E-state index in [2.05, 4.69) is 54.5 Å². The first-order chi connectivity index (χ1) is 25.1. The molecule has 0 radical (unpaired) electrons. The second kappa shape index (κ2) is 13.7. The van der Waals surface area contributed by atoms with Crippen molar-refractivity contribution in [1.82, 2.24) is 0 Å². The van der Waals surface area contributed by atoms with Crippen molar-refractivity contribution in [3.8, 4) is 0 Å². The fourth-order valence-corrected chi connectivity index (χ4v) is 13.5. The van der Waals surface area contributed by atoms with Gasteiger partial charge in [-0.2, -0.15) is 0 Å². The Morgan fingerprint density at radius 2 is 1.52 bits per heavy atom. The van der Waals surface area contributed by atoms with Crippen molar-refractivity contribution in [2.45, 2.75) is 174 Å². The Morgan fingerprint density at radius 1 is 0.815 bits per heavy atom. The summed E-state index contributed by atoms with van der Waals surface area (Å²) in [5, 5.41) is 85.5. The number of aliphatic hydroxyl groups excluding tert-OH is 7. The number of hydrogen-bond acceptors (Lipinski definition) is 12. The summed E-state index contributed by atoms with van der Waals surface area (Å²) in [5.41, 5.74) is -0.858. The Hall–Kier alpha value is -1.23. The van der Waals surface area contributed by atoms with Gasteiger partial charge >= 0.3 is 5.97 Å². The minimum atomic E-state index is -1.70. The van der Waals surface area contributed by atoms with E-state index in [1.165, 1.54) is 5.57 Å². The van der Waals surface area contributed by atoms with Crippen LogP contribution in [-0.4, -0.2) is 128 Å². The van der Waals surface area contributed by atoms with E-state index in [-0.39, 0.29) is 51.6 Å². The van der Waals surface area contributed by atoms with Crippen LogP contribution in [0, 0.1) is 50.2 Å². The molecule has 0 aromatic carbocycles. The molecule has 5 aliphatic carbocycles. The van der Waals surface area contributed by atoms with Crippen LogP contribution in [0.25, 0.3) is 0 Å². The van der Waals surface area contributed by atoms with Gasteiger partial charge in [-0.05, 0) is 103 Å². The van der Waals surface area contributed by atoms with Gasteiger partial charge in [-0.25, -0.2) is 0 Å². The Bertz CT molecular complexity index is 1470. The van der Waals surface area contributed by atoms with Crippen LogP contribution in [0.5, 0.6) is 0 Å². The molecule has 6 fully saturated rings. The molecular formula is C41H66O13. The Kier molecular flexibility index (Phi) is 10.4. The van der Waals surface area contributed by atoms with Gasteiger partial charge in [0.2, 0.25) is 0 Å². The van der Waals surface area contributed by atoms with Gasteiger partial charge in [-0.3, -0.25) is 4.79 Å². The fourth-order valence-electron chi connectivity index (χ4n) is 13.5. The number of fused-ring (bicyclic) bond motifs is 7. The molecule has 308 valence electrons. The number of ether oxygens (including phenoxy) is 4. The number of carbonyl (C=O) groups is 1. The predicted octanol–water partition coefficient (Wildman–Crippen LogP) is 2.49. The number of rotatable bonds is 6. The van der Waals surface area contributed by atoms with Crippen molar-refractivity contribution in [3.05, 3.63) is 11.6 Å². The molecule has 8 N–H and O–H groups in total. The molecule has 7 aliphatic rings. The maximum atomic E-state index is 13.1. The predicted molar refractivity (Wildman–Crippen MR) is 193 cm³/mol. The van der Waals surface area contributed by atoms with Gasteiger partial charge in [0.1, 0.15) is 48.1 Å². The molecule has 7 rings (SSSR count). The van der Waals surface area contributed by atoms with Crippen molar-refractivity contribution in [1.29, 1.82) is 0 Å². The summed E-state index contributed by atoms with van der Waals surface area (Å²) in [4.78, 5) is 13.1. The van der Waals surface area contributed by atoms with E-state index in [1.807, 2.05) is 0 Å². The average Bonchev–Trinajstić information content (AvgIpc) is 3.08. The van der Waals surface area contributed by atoms with Crippen LogP contribution < -0.4 is 0 Å². The highest BCUT2D eigenvalue weighted by atomic mass is 16.7. The largest absolute Gasteiger partial charge is 0.481 e. The van der Waals surface area contributed by atoms with Crippen molar-refractivity contribution in [2.75, 3.05) is 13.2 Å². The van der Waals surface area contributed by atoms with Crippen LogP contribution in [-0.2, 0) is 23.7 Å². The van der Waals surface area contributed by atoms with Crippen LogP contribution in [0.3, 0.4) is 0 Å². The number of carboxylic acids is 1. The third-order valence-corrected chi connectivity index (χ3v) is 16.9. The first-order valence-electron chi connectivity index (χ1n) is 20.3. The summed E-state index contributed by atoms with van der Waals surface area (Å²) >= 11 is 0. The number of carboxylic acid groups (broad SMARTS) is 1. The van der Waals surface area contributed by atoms with Gasteiger partial charge in [0.25, 0.3) is 0 Å². The molecule has 4 saturated carbocycles. The minimum absolute atomic E-state index is 0.00791. The zero-order valence-corrected chi connectivity index (χ0v) is 33.1. The molecule has 2 saturated heterocycles. The monoisotopic (exact) mass is 766 g/mol. The van der Waals surface area contributed by atoms with E-state index in [0.717, 1.165) is 38.5 Å². The van der Waals surface area contributed by atoms with E-state index >= 15 is 0 Å². The zero-order valence-electron chi connectivity index (χ0n) is 33.1. The molecule has 0 aromatic rings. The van der Waals surface area contributed by atoms with Crippen molar-refractivity contribution >= 4 is 5.97 Å². The smallest absolute Gasteiger partial charge is 0.312 e. The molecule has 18 unspecified atom stereocenters. The fraction of sp³-hybridized carbons (Fsp3) is 0.927. The van der Waals surface area contributed by atoms with Crippen molar-refractivity contribution in [3.63, 3.8) is 0 Å². The Balaban J connectivity index is 1.11. The van der Waals surface area contributed by atoms with E-state index in [4.69, 9.17) is 18.9 Å². The third-order valence-electron chi connectivity index (χ3n) is 16.9. The van der Waals surface area contributed by atoms with Gasteiger partial charge in [0.15, 0.2) is 12.6 Å². The third kappa shape index (κ3) is 5.84. The SMILES string of the molecule is CC1(C)CCC2(C(=O)O)C(O)CC3(C)C(=CCC4C5(C)CCC(OC6OCC(O)C(OC7OC(CO)C(O)C(O)C7O)C6O)C(C)(C)C5CCC43C)C2C1. The van der Waals surface area contributed by atoms with Gasteiger partial charge in [0.05, 0.1) is 25.4 Å². The molecule has 54 heavy (non-hydrogen) atoms. The summed E-state index contributed by atoms with van der Waals surface area (Å²) < 4.78 is 23.8. The molecule has 13 nitrogen and oxygen atoms in total. The summed E-state index contributed by atoms with van der Waals surface area (Å²) in [6.07, 6.45) is -5.10. The molecule has 2 heterocycles. The zero-order chi connectivity index (χ0) is 39.6. The second-order valence-electron chi connectivity index (χ2n) is 20.3. The topological polar surface area (TPSA) is 216 Å². The molecule has 0 aromatic heterocycles. The number of allylic oxidation sites excluding steroid dienone is 2. The van der Waals surface area contributed by atoms with E-state index < -0.39 is 79.4 Å². The highest BCUT2D eigenvalue weighted by Gasteiger charge is 2.71. The standard InChI is InChI=1S/C41H66O13/c1-36(2)14-15-41(35(49)50)21(16-36)20-8-9-25-38(5)12-11-27(37(3,4)24(38)10-13-39(25,6)40(20,7)17-26(41)44)53-33-31(48)32(22(43)19-51-33)54-34-30(47)29(46)28(45)23(18-42)52-34/h8,21-34,42-48H,9-19H2,1-7H3,(H,49,50). The molecule has 0 bridgehead atoms. The molecule has 18 atom stereocenters. The molecular weight excluding hydrogens is 700 g/mol. The lowest BCUT2D eigenvalue weighted by molar-refractivity contribution is -0.357. The first kappa shape index (κ1) is 40.9. The van der Waals surface area contributed by atoms with E-state index in [1.54, 1.807) is 0 Å². The second-order valence-corrected chi connectivity index (χ2v) is 20.3. The van der Waals surface area contributed by atoms with Crippen LogP contribution in [0.1, 0.15) is 106 Å². The molecule has 0 spiro atoms. The van der Waals surface area contributed by atoms with Gasteiger partial charge in [0, 0.05) is 0 Å². The van der Waals surface area contributed by atoms with E-state index in [9.17, 15) is 45.6 Å². The molecule has 0 amide bonds. The average molecular weight is 767 g/mol. The first-order valence-corrected chi connectivity index (χ1v) is 20.3. The summed E-state index contributed by atoms with van der Waals surface area (Å²) in [6.45, 7) is 15.2. The van der Waals surface area contributed by atoms with Crippen LogP contribution in [0.15, 0.2) is 11.6 Å². The normalized spacial score (nSPS) is 53.9. The van der Waals surface area contributed by atoms with Crippen LogP contribution in [0.4, 0.5) is 0 Å². The summed E-state index contributed by atoms with van der Waals surface area (Å²) in [7, 11) is 0. The van der Waals surface area contributed by atoms with Gasteiger partial charge < -0.3 is 59.8 Å². The van der Waals surface area contributed by atoms with E-state index in [0.29, 0.717) is 25.2 Å². The van der Waals surface area contributed by atoms with Crippen molar-refractivity contribution < 1.29 is 64.6 Å². The van der Waals surface area contributed by atoms with Gasteiger partial charge in [-0.15, -0.1) is 0 Å². The summed E-state index contributed by atoms with van der Waals surface area (Å²) in [5.74, 6) is -0.532. The number of aliphatic carboxylic acids is 1. The van der Waals surface area contributed by atoms with Gasteiger partial charge in [-0.1, -0.05) is 60.1 Å².